The smallest absolute Gasteiger partial charge is 0.326 e. The first-order chi connectivity index (χ1) is 25.4. The van der Waals surface area contributed by atoms with E-state index >= 15 is 0 Å². The molecule has 3 aromatic carbocycles. The number of aromatic hydroxyl groups is 2. The van der Waals surface area contributed by atoms with Gasteiger partial charge in [0.1, 0.15) is 28.8 Å². The van der Waals surface area contributed by atoms with Gasteiger partial charge < -0.3 is 20.8 Å². The van der Waals surface area contributed by atoms with Gasteiger partial charge in [-0.1, -0.05) is 23.2 Å². The highest BCUT2D eigenvalue weighted by atomic mass is 35.5. The lowest BCUT2D eigenvalue weighted by Gasteiger charge is -2.15. The van der Waals surface area contributed by atoms with E-state index in [0.29, 0.717) is 21.4 Å². The average molecular weight is 759 g/mol. The molecule has 23 heteroatoms. The second kappa shape index (κ2) is 13.7. The van der Waals surface area contributed by atoms with Crippen LogP contribution in [0.3, 0.4) is 0 Å². The van der Waals surface area contributed by atoms with E-state index in [9.17, 15) is 34.2 Å². The summed E-state index contributed by atoms with van der Waals surface area (Å²) in [6.07, 6.45) is 0. The molecule has 0 aliphatic heterocycles. The molecule has 0 spiro atoms. The Morgan fingerprint density at radius 2 is 1.09 bits per heavy atom. The van der Waals surface area contributed by atoms with Crippen molar-refractivity contribution in [3.8, 4) is 11.5 Å². The number of halogens is 2. The molecule has 0 radical (unpaired) electrons. The quantitative estimate of drug-likeness (QED) is 0.104. The minimum Gasteiger partial charge on any atom is -0.508 e. The van der Waals surface area contributed by atoms with Crippen LogP contribution in [0.15, 0.2) is 76.3 Å². The number of phenols is 2. The van der Waals surface area contributed by atoms with Crippen molar-refractivity contribution in [3.63, 3.8) is 0 Å². The summed E-state index contributed by atoms with van der Waals surface area (Å²) in [5, 5.41) is 51.3. The van der Waals surface area contributed by atoms with Gasteiger partial charge in [0.25, 0.3) is 34.6 Å². The normalized spacial score (nSPS) is 11.2. The molecule has 0 atom stereocenters. The molecule has 0 unspecified atom stereocenters. The number of aromatic amines is 2. The predicted octanol–water partition coefficient (Wildman–Crippen LogP) is 2.96. The van der Waals surface area contributed by atoms with Gasteiger partial charge in [-0.2, -0.15) is 9.03 Å². The lowest BCUT2D eigenvalue weighted by atomic mass is 9.91. The van der Waals surface area contributed by atoms with Gasteiger partial charge in [0, 0.05) is 27.5 Å². The van der Waals surface area contributed by atoms with E-state index in [0.717, 1.165) is 27.2 Å². The molecule has 0 fully saturated rings. The van der Waals surface area contributed by atoms with E-state index in [4.69, 9.17) is 23.2 Å². The van der Waals surface area contributed by atoms with Crippen LogP contribution in [0.2, 0.25) is 10.0 Å². The number of benzene rings is 3. The molecule has 8 N–H and O–H groups in total. The van der Waals surface area contributed by atoms with E-state index in [-0.39, 0.29) is 29.2 Å². The van der Waals surface area contributed by atoms with E-state index in [1.165, 1.54) is 0 Å². The van der Waals surface area contributed by atoms with E-state index in [1.54, 1.807) is 48.5 Å². The van der Waals surface area contributed by atoms with Crippen molar-refractivity contribution in [2.24, 2.45) is 0 Å². The Morgan fingerprint density at radius 3 is 1.53 bits per heavy atom. The fourth-order valence-corrected chi connectivity index (χ4v) is 5.20. The minimum absolute atomic E-state index is 0.275. The molecule has 4 aromatic heterocycles. The number of nitrogens with one attached hydrogen (secondary N) is 6. The van der Waals surface area contributed by atoms with Crippen LogP contribution in [0.25, 0.3) is 11.6 Å². The van der Waals surface area contributed by atoms with Gasteiger partial charge in [-0.15, -0.1) is 20.4 Å². The molecular formula is C30H20Cl2N14O7. The summed E-state index contributed by atoms with van der Waals surface area (Å²) in [5.41, 5.74) is -3.00. The van der Waals surface area contributed by atoms with Crippen LogP contribution in [0.1, 0.15) is 27.7 Å². The lowest BCUT2D eigenvalue weighted by Crippen LogP contribution is -2.33. The number of anilines is 4. The summed E-state index contributed by atoms with van der Waals surface area (Å²) < 4.78 is 1.83. The van der Waals surface area contributed by atoms with Gasteiger partial charge in [-0.3, -0.25) is 35.2 Å². The molecular weight excluding hydrogens is 739 g/mol. The Hall–Kier alpha value is -7.39. The van der Waals surface area contributed by atoms with E-state index in [1.807, 2.05) is 0 Å². The Bertz CT molecular complexity index is 2540. The third kappa shape index (κ3) is 6.99. The summed E-state index contributed by atoms with van der Waals surface area (Å²) >= 11 is 11.8. The molecule has 21 nitrogen and oxygen atoms in total. The van der Waals surface area contributed by atoms with E-state index < -0.39 is 57.6 Å². The van der Waals surface area contributed by atoms with Crippen molar-refractivity contribution in [1.82, 2.24) is 49.6 Å². The first-order valence-electron chi connectivity index (χ1n) is 14.9. The Labute approximate surface area is 302 Å². The third-order valence-corrected chi connectivity index (χ3v) is 7.84. The number of hydrogen-bond donors (Lipinski definition) is 8. The van der Waals surface area contributed by atoms with Crippen LogP contribution in [-0.4, -0.2) is 77.6 Å². The molecule has 53 heavy (non-hydrogen) atoms. The fraction of sp³-hybridized carbons (Fsp3) is 0.0333. The third-order valence-electron chi connectivity index (χ3n) is 7.34. The Morgan fingerprint density at radius 1 is 0.642 bits per heavy atom. The predicted molar refractivity (Wildman–Crippen MR) is 187 cm³/mol. The van der Waals surface area contributed by atoms with Gasteiger partial charge in [-0.25, -0.2) is 19.6 Å². The fourth-order valence-electron chi connectivity index (χ4n) is 4.95. The highest BCUT2D eigenvalue weighted by molar-refractivity contribution is 6.31. The van der Waals surface area contributed by atoms with Crippen LogP contribution in [-0.2, 0) is 0 Å². The van der Waals surface area contributed by atoms with Gasteiger partial charge >= 0.3 is 12.1 Å². The zero-order chi connectivity index (χ0) is 37.4. The zero-order valence-electron chi connectivity index (χ0n) is 26.2. The summed E-state index contributed by atoms with van der Waals surface area (Å²) in [4.78, 5) is 74.9. The number of phenolic OH excluding ortho intramolecular Hbond substituents is 2. The number of amides is 4. The van der Waals surface area contributed by atoms with Crippen molar-refractivity contribution in [1.29, 1.82) is 0 Å². The summed E-state index contributed by atoms with van der Waals surface area (Å²) in [5.74, 6) is -5.25. The van der Waals surface area contributed by atoms with E-state index in [2.05, 4.69) is 61.8 Å². The van der Waals surface area contributed by atoms with Crippen LogP contribution in [0.5, 0.6) is 11.5 Å². The molecule has 0 bridgehead atoms. The maximum atomic E-state index is 14.1. The van der Waals surface area contributed by atoms with Gasteiger partial charge in [0.15, 0.2) is 5.78 Å². The number of nitrogens with zero attached hydrogens (tertiary/aromatic N) is 8. The second-order valence-electron chi connectivity index (χ2n) is 10.9. The number of rotatable bonds is 8. The first-order valence-corrected chi connectivity index (χ1v) is 15.6. The van der Waals surface area contributed by atoms with Gasteiger partial charge in [-0.05, 0) is 60.7 Å². The summed E-state index contributed by atoms with van der Waals surface area (Å²) in [6.45, 7) is 0. The number of carbonyl (C=O) groups excluding carboxylic acids is 3. The number of carbonyl (C=O) groups is 3. The minimum atomic E-state index is -1.93. The van der Waals surface area contributed by atoms with Crippen LogP contribution < -0.4 is 32.4 Å². The molecule has 7 rings (SSSR count). The summed E-state index contributed by atoms with van der Waals surface area (Å²) in [6, 6.07) is 13.9. The first kappa shape index (κ1) is 34.1. The van der Waals surface area contributed by atoms with Gasteiger partial charge in [0.05, 0.1) is 5.56 Å². The SMILES string of the molecule is O=C(Nc1ccc(Cl)cc1)Nc1nnc2nc(C(C(=O)c3ccc(O)cc3O)c3nc4nnc(NC(=O)Nc5ccc(Cl)cc5)n4[nH]c3=O)c(=O)[nH]n12. The van der Waals surface area contributed by atoms with Crippen molar-refractivity contribution in [2.45, 2.75) is 5.92 Å². The van der Waals surface area contributed by atoms with Crippen molar-refractivity contribution < 1.29 is 24.6 Å². The van der Waals surface area contributed by atoms with Crippen molar-refractivity contribution in [3.05, 3.63) is 114 Å². The number of urea groups is 2. The Kier molecular flexibility index (Phi) is 8.83. The largest absolute Gasteiger partial charge is 0.508 e. The maximum absolute atomic E-state index is 14.1. The highest BCUT2D eigenvalue weighted by Crippen LogP contribution is 2.30. The van der Waals surface area contributed by atoms with Crippen LogP contribution >= 0.6 is 23.2 Å². The standard InChI is InChI=1S/C30H20Cl2N14O7/c31-12-1-5-14(6-2-12)33-29(52)37-27-41-39-25-35-20(23(50)43-45(25)27)19(22(49)17-10-9-16(47)11-18(17)48)21-24(51)44-46-26(36-21)40-42-28(46)38-30(53)34-15-7-3-13(32)4-8-15/h1-11,19,47-48H,(H,43,50)(H,44,51)(H2,33,37,41,52)(H2,34,38,42,53). The summed E-state index contributed by atoms with van der Waals surface area (Å²) in [7, 11) is 0. The highest BCUT2D eigenvalue weighted by Gasteiger charge is 2.35. The number of aromatic nitrogens is 10. The van der Waals surface area contributed by atoms with Crippen LogP contribution in [0.4, 0.5) is 32.9 Å². The molecule has 4 amide bonds. The average Bonchev–Trinajstić information content (AvgIpc) is 3.69. The van der Waals surface area contributed by atoms with Gasteiger partial charge in [0.2, 0.25) is 0 Å². The number of H-pyrrole nitrogens is 2. The zero-order valence-corrected chi connectivity index (χ0v) is 27.7. The number of ketones is 1. The molecule has 0 aliphatic carbocycles. The van der Waals surface area contributed by atoms with Crippen molar-refractivity contribution >= 4 is 75.9 Å². The number of Topliss-reactive ketones (excluding diaryl/α,β-unsaturated/α-hetero) is 1. The number of hydrogen-bond acceptors (Lipinski definition) is 13. The molecule has 0 saturated heterocycles. The molecule has 266 valence electrons. The Balaban J connectivity index is 1.25. The molecule has 0 saturated carbocycles. The molecule has 4 heterocycles. The lowest BCUT2D eigenvalue weighted by molar-refractivity contribution is 0.0967. The second-order valence-corrected chi connectivity index (χ2v) is 11.7. The maximum Gasteiger partial charge on any atom is 0.326 e. The van der Waals surface area contributed by atoms with Crippen molar-refractivity contribution in [2.75, 3.05) is 21.3 Å². The topological polar surface area (TPSA) is 292 Å². The number of fused-ring (bicyclic) bond motifs is 2. The molecule has 7 aromatic rings. The monoisotopic (exact) mass is 758 g/mol. The molecule has 0 aliphatic rings. The van der Waals surface area contributed by atoms with Crippen LogP contribution in [0, 0.1) is 0 Å².